The van der Waals surface area contributed by atoms with Gasteiger partial charge < -0.3 is 14.2 Å². The van der Waals surface area contributed by atoms with E-state index in [4.69, 9.17) is 4.74 Å². The minimum absolute atomic E-state index is 0.107. The number of ether oxygens (including phenoxy) is 3. The molecule has 1 aliphatic heterocycles. The second kappa shape index (κ2) is 4.90. The average molecular weight is 379 g/mol. The molecule has 6 nitrogen and oxygen atoms in total. The third kappa shape index (κ3) is 2.39. The van der Waals surface area contributed by atoms with Crippen molar-refractivity contribution in [3.63, 3.8) is 0 Å². The molecule has 10 heteroatoms. The van der Waals surface area contributed by atoms with Crippen molar-refractivity contribution in [1.82, 2.24) is 9.78 Å². The van der Waals surface area contributed by atoms with Crippen molar-refractivity contribution in [1.29, 1.82) is 0 Å². The molecule has 1 aromatic carbocycles. The van der Waals surface area contributed by atoms with E-state index in [0.717, 1.165) is 23.0 Å². The summed E-state index contributed by atoms with van der Waals surface area (Å²) in [5, 5.41) is 3.79. The number of halogens is 4. The quantitative estimate of drug-likeness (QED) is 0.803. The molecule has 2 heterocycles. The van der Waals surface area contributed by atoms with Crippen LogP contribution in [0.2, 0.25) is 0 Å². The first-order valence-electron chi connectivity index (χ1n) is 5.74. The summed E-state index contributed by atoms with van der Waals surface area (Å²) in [5.41, 5.74) is -0.759. The Bertz CT molecular complexity index is 825. The van der Waals surface area contributed by atoms with E-state index in [0.29, 0.717) is 0 Å². The molecule has 0 saturated carbocycles. The van der Waals surface area contributed by atoms with Gasteiger partial charge in [-0.25, -0.2) is 9.07 Å². The van der Waals surface area contributed by atoms with Crippen LogP contribution in [0.3, 0.4) is 0 Å². The first-order valence-corrected chi connectivity index (χ1v) is 6.53. The molecule has 1 aromatic heterocycles. The SMILES string of the molecule is COc1cn(-c2cc3c(cc2F)OC(F)(F)O3)nc(Br)c1=O. The Morgan fingerprint density at radius 1 is 1.32 bits per heavy atom. The second-order valence-corrected chi connectivity index (χ2v) is 4.93. The number of alkyl halides is 2. The topological polar surface area (TPSA) is 62.6 Å². The molecule has 0 fully saturated rings. The molecule has 3 rings (SSSR count). The van der Waals surface area contributed by atoms with E-state index in [9.17, 15) is 18.0 Å². The van der Waals surface area contributed by atoms with Crippen molar-refractivity contribution >= 4 is 15.9 Å². The first-order chi connectivity index (χ1) is 10.3. The van der Waals surface area contributed by atoms with Gasteiger partial charge in [-0.15, -0.1) is 8.78 Å². The van der Waals surface area contributed by atoms with Crippen LogP contribution >= 0.6 is 15.9 Å². The third-order valence-corrected chi connectivity index (χ3v) is 3.30. The molecular weight excluding hydrogens is 373 g/mol. The number of nitrogens with zero attached hydrogens (tertiary/aromatic N) is 2. The molecule has 0 saturated heterocycles. The van der Waals surface area contributed by atoms with Gasteiger partial charge in [-0.2, -0.15) is 5.10 Å². The lowest BCUT2D eigenvalue weighted by molar-refractivity contribution is -0.286. The highest BCUT2D eigenvalue weighted by Gasteiger charge is 2.44. The van der Waals surface area contributed by atoms with E-state index in [2.05, 4.69) is 30.5 Å². The van der Waals surface area contributed by atoms with E-state index >= 15 is 0 Å². The smallest absolute Gasteiger partial charge is 0.491 e. The van der Waals surface area contributed by atoms with Crippen molar-refractivity contribution in [3.8, 4) is 22.9 Å². The lowest BCUT2D eigenvalue weighted by atomic mass is 10.2. The predicted molar refractivity (Wildman–Crippen MR) is 70.2 cm³/mol. The highest BCUT2D eigenvalue weighted by molar-refractivity contribution is 9.10. The zero-order valence-electron chi connectivity index (χ0n) is 10.8. The molecule has 0 spiro atoms. The Kier molecular flexibility index (Phi) is 3.28. The highest BCUT2D eigenvalue weighted by Crippen LogP contribution is 2.42. The lowest BCUT2D eigenvalue weighted by Gasteiger charge is -2.09. The molecule has 0 aliphatic carbocycles. The maximum Gasteiger partial charge on any atom is 0.586 e. The van der Waals surface area contributed by atoms with Crippen molar-refractivity contribution < 1.29 is 27.4 Å². The highest BCUT2D eigenvalue weighted by atomic mass is 79.9. The van der Waals surface area contributed by atoms with Crippen LogP contribution in [0.4, 0.5) is 13.2 Å². The maximum absolute atomic E-state index is 14.1. The molecule has 1 aliphatic rings. The van der Waals surface area contributed by atoms with Crippen LogP contribution in [-0.4, -0.2) is 23.2 Å². The Morgan fingerprint density at radius 3 is 2.59 bits per heavy atom. The normalized spacial score (nSPS) is 15.0. The van der Waals surface area contributed by atoms with Crippen molar-refractivity contribution in [2.45, 2.75) is 6.29 Å². The van der Waals surface area contributed by atoms with Gasteiger partial charge in [0.15, 0.2) is 27.7 Å². The summed E-state index contributed by atoms with van der Waals surface area (Å²) in [6.07, 6.45) is -2.74. The monoisotopic (exact) mass is 378 g/mol. The Labute approximate surface area is 129 Å². The third-order valence-electron chi connectivity index (χ3n) is 2.78. The van der Waals surface area contributed by atoms with E-state index < -0.39 is 23.3 Å². The van der Waals surface area contributed by atoms with Gasteiger partial charge in [0.2, 0.25) is 0 Å². The first kappa shape index (κ1) is 14.7. The molecule has 116 valence electrons. The van der Waals surface area contributed by atoms with Gasteiger partial charge in [0.25, 0.3) is 5.43 Å². The van der Waals surface area contributed by atoms with Crippen molar-refractivity contribution in [2.24, 2.45) is 0 Å². The summed E-state index contributed by atoms with van der Waals surface area (Å²) in [7, 11) is 1.25. The number of methoxy groups -OCH3 is 1. The van der Waals surface area contributed by atoms with Crippen LogP contribution in [0.15, 0.2) is 27.7 Å². The van der Waals surface area contributed by atoms with Crippen LogP contribution in [0.25, 0.3) is 5.69 Å². The van der Waals surface area contributed by atoms with Crippen LogP contribution in [0.5, 0.6) is 17.2 Å². The predicted octanol–water partition coefficient (Wildman–Crippen LogP) is 2.46. The number of hydrogen-bond donors (Lipinski definition) is 0. The zero-order valence-corrected chi connectivity index (χ0v) is 12.4. The average Bonchev–Trinajstić information content (AvgIpc) is 2.73. The van der Waals surface area contributed by atoms with Gasteiger partial charge in [0.1, 0.15) is 5.69 Å². The Balaban J connectivity index is 2.15. The summed E-state index contributed by atoms with van der Waals surface area (Å²) in [6.45, 7) is 0. The number of hydrogen-bond acceptors (Lipinski definition) is 5. The van der Waals surface area contributed by atoms with Crippen molar-refractivity contribution in [3.05, 3.63) is 39.0 Å². The molecule has 22 heavy (non-hydrogen) atoms. The maximum atomic E-state index is 14.1. The fourth-order valence-electron chi connectivity index (χ4n) is 1.85. The van der Waals surface area contributed by atoms with Crippen LogP contribution in [-0.2, 0) is 0 Å². The lowest BCUT2D eigenvalue weighted by Crippen LogP contribution is -2.25. The summed E-state index contributed by atoms with van der Waals surface area (Å²) >= 11 is 2.92. The molecule has 0 bridgehead atoms. The fraction of sp³-hybridized carbons (Fsp3) is 0.167. The van der Waals surface area contributed by atoms with Gasteiger partial charge in [0, 0.05) is 12.1 Å². The summed E-state index contributed by atoms with van der Waals surface area (Å²) in [4.78, 5) is 11.7. The van der Waals surface area contributed by atoms with Crippen LogP contribution < -0.4 is 19.6 Å². The van der Waals surface area contributed by atoms with Gasteiger partial charge in [0.05, 0.1) is 13.3 Å². The second-order valence-electron chi connectivity index (χ2n) is 4.18. The van der Waals surface area contributed by atoms with Gasteiger partial charge in [-0.1, -0.05) is 0 Å². The van der Waals surface area contributed by atoms with Gasteiger partial charge in [-0.3, -0.25) is 4.79 Å². The zero-order chi connectivity index (χ0) is 16.1. The molecule has 0 radical (unpaired) electrons. The minimum atomic E-state index is -3.86. The summed E-state index contributed by atoms with van der Waals surface area (Å²) in [6, 6.07) is 1.72. The number of rotatable bonds is 2. The largest absolute Gasteiger partial charge is 0.586 e. The number of benzene rings is 1. The molecule has 0 atom stereocenters. The van der Waals surface area contributed by atoms with Crippen LogP contribution in [0.1, 0.15) is 0 Å². The fourth-order valence-corrected chi connectivity index (χ4v) is 2.21. The van der Waals surface area contributed by atoms with E-state index in [1.54, 1.807) is 0 Å². The molecule has 0 N–H and O–H groups in total. The molecule has 0 amide bonds. The minimum Gasteiger partial charge on any atom is -0.491 e. The summed E-state index contributed by atoms with van der Waals surface area (Å²) < 4.78 is 54.1. The number of fused-ring (bicyclic) bond motifs is 1. The van der Waals surface area contributed by atoms with E-state index in [-0.39, 0.29) is 21.8 Å². The van der Waals surface area contributed by atoms with Gasteiger partial charge >= 0.3 is 6.29 Å². The molecule has 0 unspecified atom stereocenters. The number of aromatic nitrogens is 2. The van der Waals surface area contributed by atoms with E-state index in [1.807, 2.05) is 0 Å². The summed E-state index contributed by atoms with van der Waals surface area (Å²) in [5.74, 6) is -1.79. The van der Waals surface area contributed by atoms with E-state index in [1.165, 1.54) is 7.11 Å². The van der Waals surface area contributed by atoms with Crippen molar-refractivity contribution in [2.75, 3.05) is 7.11 Å². The Hall–Kier alpha value is -2.23. The van der Waals surface area contributed by atoms with Crippen LogP contribution in [0, 0.1) is 5.82 Å². The van der Waals surface area contributed by atoms with Gasteiger partial charge in [-0.05, 0) is 15.9 Å². The molecular formula is C12H6BrF3N2O4. The Morgan fingerprint density at radius 2 is 1.95 bits per heavy atom. The standard InChI is InChI=1S/C12H6BrF3N2O4/c1-20-9-4-18(17-11(13)10(9)19)6-3-8-7(2-5(6)14)21-12(15,16)22-8/h2-4H,1H3. The molecule has 2 aromatic rings.